The Labute approximate surface area is 81.2 Å². The molecule has 0 N–H and O–H groups in total. The average molecular weight is 180 g/mol. The van der Waals surface area contributed by atoms with E-state index in [1.807, 2.05) is 0 Å². The molecule has 1 aliphatic carbocycles. The van der Waals surface area contributed by atoms with Crippen molar-refractivity contribution in [3.05, 3.63) is 12.7 Å². The van der Waals surface area contributed by atoms with Crippen molar-refractivity contribution in [3.63, 3.8) is 0 Å². The Kier molecular flexibility index (Phi) is 3.29. The molecule has 0 heterocycles. The molecule has 13 heavy (non-hydrogen) atoms. The molecule has 0 saturated heterocycles. The minimum Gasteiger partial charge on any atom is -0.294 e. The fourth-order valence-electron chi connectivity index (χ4n) is 2.60. The molecule has 0 atom stereocenters. The second-order valence-corrected chi connectivity index (χ2v) is 4.65. The van der Waals surface area contributed by atoms with Gasteiger partial charge in [0.15, 0.2) is 5.78 Å². The number of hydrogen-bond donors (Lipinski definition) is 0. The Hall–Kier alpha value is -0.590. The predicted molar refractivity (Wildman–Crippen MR) is 55.6 cm³/mol. The molecule has 1 aliphatic rings. The highest BCUT2D eigenvalue weighted by atomic mass is 16.1. The Morgan fingerprint density at radius 1 is 1.46 bits per heavy atom. The van der Waals surface area contributed by atoms with Gasteiger partial charge < -0.3 is 0 Å². The zero-order chi connectivity index (χ0) is 9.90. The fourth-order valence-corrected chi connectivity index (χ4v) is 2.60. The molecule has 0 bridgehead atoms. The average Bonchev–Trinajstić information content (AvgIpc) is 2.51. The van der Waals surface area contributed by atoms with E-state index in [0.717, 1.165) is 19.3 Å². The lowest BCUT2D eigenvalue weighted by molar-refractivity contribution is -0.124. The Morgan fingerprint density at radius 2 is 2.00 bits per heavy atom. The van der Waals surface area contributed by atoms with Crippen LogP contribution >= 0.6 is 0 Å². The van der Waals surface area contributed by atoms with E-state index in [9.17, 15) is 4.79 Å². The summed E-state index contributed by atoms with van der Waals surface area (Å²) in [5.41, 5.74) is -0.0318. The van der Waals surface area contributed by atoms with Gasteiger partial charge in [-0.2, -0.15) is 0 Å². The third-order valence-corrected chi connectivity index (χ3v) is 3.07. The first-order chi connectivity index (χ1) is 6.10. The van der Waals surface area contributed by atoms with E-state index < -0.39 is 0 Å². The van der Waals surface area contributed by atoms with E-state index in [4.69, 9.17) is 0 Å². The van der Waals surface area contributed by atoms with Gasteiger partial charge in [0.05, 0.1) is 0 Å². The summed E-state index contributed by atoms with van der Waals surface area (Å²) in [7, 11) is 0. The molecule has 1 fully saturated rings. The third kappa shape index (κ3) is 2.20. The van der Waals surface area contributed by atoms with Crippen LogP contribution in [0.2, 0.25) is 0 Å². The monoisotopic (exact) mass is 180 g/mol. The number of carbonyl (C=O) groups is 1. The standard InChI is InChI=1S/C12H20O/c1-4-11(13)12(9-10(2)3)7-5-6-8-12/h4,10H,1,5-9H2,2-3H3. The molecule has 0 radical (unpaired) electrons. The molecule has 1 heteroatoms. The van der Waals surface area contributed by atoms with Crippen molar-refractivity contribution < 1.29 is 4.79 Å². The van der Waals surface area contributed by atoms with Gasteiger partial charge in [0, 0.05) is 5.41 Å². The Balaban J connectivity index is 2.74. The molecule has 1 rings (SSSR count). The topological polar surface area (TPSA) is 17.1 Å². The molecule has 0 aliphatic heterocycles. The quantitative estimate of drug-likeness (QED) is 0.606. The molecule has 0 amide bonds. The maximum Gasteiger partial charge on any atom is 0.161 e. The molecule has 0 aromatic carbocycles. The maximum absolute atomic E-state index is 11.8. The van der Waals surface area contributed by atoms with Crippen molar-refractivity contribution in [1.82, 2.24) is 0 Å². The first kappa shape index (κ1) is 10.5. The van der Waals surface area contributed by atoms with Crippen molar-refractivity contribution in [3.8, 4) is 0 Å². The molecular formula is C12H20O. The number of carbonyl (C=O) groups excluding carboxylic acids is 1. The lowest BCUT2D eigenvalue weighted by Gasteiger charge is -2.27. The van der Waals surface area contributed by atoms with E-state index in [0.29, 0.717) is 5.92 Å². The van der Waals surface area contributed by atoms with Crippen LogP contribution in [0.5, 0.6) is 0 Å². The van der Waals surface area contributed by atoms with Crippen LogP contribution < -0.4 is 0 Å². The van der Waals surface area contributed by atoms with E-state index in [-0.39, 0.29) is 11.2 Å². The highest BCUT2D eigenvalue weighted by Crippen LogP contribution is 2.44. The normalized spacial score (nSPS) is 20.5. The zero-order valence-electron chi connectivity index (χ0n) is 8.81. The van der Waals surface area contributed by atoms with Gasteiger partial charge in [-0.15, -0.1) is 0 Å². The summed E-state index contributed by atoms with van der Waals surface area (Å²) in [6.07, 6.45) is 7.15. The van der Waals surface area contributed by atoms with Crippen LogP contribution in [-0.2, 0) is 4.79 Å². The van der Waals surface area contributed by atoms with Crippen LogP contribution in [0.4, 0.5) is 0 Å². The van der Waals surface area contributed by atoms with Crippen LogP contribution in [0.3, 0.4) is 0 Å². The summed E-state index contributed by atoms with van der Waals surface area (Å²) in [6.45, 7) is 7.99. The summed E-state index contributed by atoms with van der Waals surface area (Å²) in [5.74, 6) is 0.890. The van der Waals surface area contributed by atoms with Gasteiger partial charge in [0.25, 0.3) is 0 Å². The zero-order valence-corrected chi connectivity index (χ0v) is 8.81. The smallest absolute Gasteiger partial charge is 0.161 e. The number of rotatable bonds is 4. The summed E-state index contributed by atoms with van der Waals surface area (Å²) >= 11 is 0. The van der Waals surface area contributed by atoms with Crippen molar-refractivity contribution >= 4 is 5.78 Å². The summed E-state index contributed by atoms with van der Waals surface area (Å²) < 4.78 is 0. The van der Waals surface area contributed by atoms with Crippen LogP contribution in [0.1, 0.15) is 46.0 Å². The van der Waals surface area contributed by atoms with Gasteiger partial charge >= 0.3 is 0 Å². The number of hydrogen-bond acceptors (Lipinski definition) is 1. The maximum atomic E-state index is 11.8. The Morgan fingerprint density at radius 3 is 2.38 bits per heavy atom. The molecular weight excluding hydrogens is 160 g/mol. The molecule has 0 spiro atoms. The Bertz CT molecular complexity index is 197. The highest BCUT2D eigenvalue weighted by Gasteiger charge is 2.39. The second-order valence-electron chi connectivity index (χ2n) is 4.65. The molecule has 0 unspecified atom stereocenters. The van der Waals surface area contributed by atoms with Gasteiger partial charge in [-0.05, 0) is 31.3 Å². The first-order valence-electron chi connectivity index (χ1n) is 5.27. The van der Waals surface area contributed by atoms with Crippen LogP contribution in [0.25, 0.3) is 0 Å². The molecule has 1 nitrogen and oxygen atoms in total. The minimum absolute atomic E-state index is 0.0318. The van der Waals surface area contributed by atoms with E-state index in [1.54, 1.807) is 0 Å². The van der Waals surface area contributed by atoms with E-state index in [2.05, 4.69) is 20.4 Å². The van der Waals surface area contributed by atoms with Crippen molar-refractivity contribution in [2.75, 3.05) is 0 Å². The van der Waals surface area contributed by atoms with Gasteiger partial charge in [-0.1, -0.05) is 33.3 Å². The molecule has 74 valence electrons. The number of ketones is 1. The van der Waals surface area contributed by atoms with E-state index >= 15 is 0 Å². The van der Waals surface area contributed by atoms with Gasteiger partial charge in [-0.25, -0.2) is 0 Å². The summed E-state index contributed by atoms with van der Waals surface area (Å²) in [5, 5.41) is 0. The van der Waals surface area contributed by atoms with Gasteiger partial charge in [-0.3, -0.25) is 4.79 Å². The largest absolute Gasteiger partial charge is 0.294 e. The van der Waals surface area contributed by atoms with Gasteiger partial charge in [0.1, 0.15) is 0 Å². The molecule has 1 saturated carbocycles. The first-order valence-corrected chi connectivity index (χ1v) is 5.27. The van der Waals surface area contributed by atoms with Crippen molar-refractivity contribution in [1.29, 1.82) is 0 Å². The fraction of sp³-hybridized carbons (Fsp3) is 0.750. The van der Waals surface area contributed by atoms with Gasteiger partial charge in [0.2, 0.25) is 0 Å². The number of allylic oxidation sites excluding steroid dienone is 1. The van der Waals surface area contributed by atoms with Crippen LogP contribution in [0.15, 0.2) is 12.7 Å². The second kappa shape index (κ2) is 4.08. The van der Waals surface area contributed by atoms with Crippen LogP contribution in [0, 0.1) is 11.3 Å². The highest BCUT2D eigenvalue weighted by molar-refractivity contribution is 5.94. The lowest BCUT2D eigenvalue weighted by Crippen LogP contribution is -2.28. The third-order valence-electron chi connectivity index (χ3n) is 3.07. The minimum atomic E-state index is -0.0318. The summed E-state index contributed by atoms with van der Waals surface area (Å²) in [6, 6.07) is 0. The predicted octanol–water partition coefficient (Wildman–Crippen LogP) is 3.35. The SMILES string of the molecule is C=CC(=O)C1(CC(C)C)CCCC1. The molecule has 0 aromatic heterocycles. The van der Waals surface area contributed by atoms with Crippen molar-refractivity contribution in [2.45, 2.75) is 46.0 Å². The molecule has 0 aromatic rings. The van der Waals surface area contributed by atoms with Crippen LogP contribution in [-0.4, -0.2) is 5.78 Å². The lowest BCUT2D eigenvalue weighted by atomic mass is 9.75. The van der Waals surface area contributed by atoms with E-state index in [1.165, 1.54) is 18.9 Å². The van der Waals surface area contributed by atoms with Crippen molar-refractivity contribution in [2.24, 2.45) is 11.3 Å². The summed E-state index contributed by atoms with van der Waals surface area (Å²) in [4.78, 5) is 11.8.